The maximum absolute atomic E-state index is 8.78. The van der Waals surface area contributed by atoms with Gasteiger partial charge in [0.2, 0.25) is 0 Å². The summed E-state index contributed by atoms with van der Waals surface area (Å²) in [4.78, 5) is 2.42. The van der Waals surface area contributed by atoms with Gasteiger partial charge in [-0.2, -0.15) is 5.26 Å². The first kappa shape index (κ1) is 12.5. The van der Waals surface area contributed by atoms with E-state index in [0.29, 0.717) is 17.9 Å². The van der Waals surface area contributed by atoms with Crippen LogP contribution in [0, 0.1) is 16.7 Å². The van der Waals surface area contributed by atoms with E-state index >= 15 is 0 Å². The molecule has 0 saturated heterocycles. The van der Waals surface area contributed by atoms with Crippen molar-refractivity contribution in [2.75, 3.05) is 26.8 Å². The molecular formula is C12H22N2O. The highest BCUT2D eigenvalue weighted by atomic mass is 16.5. The Morgan fingerprint density at radius 3 is 2.53 bits per heavy atom. The molecule has 0 unspecified atom stereocenters. The van der Waals surface area contributed by atoms with Crippen molar-refractivity contribution in [3.63, 3.8) is 0 Å². The van der Waals surface area contributed by atoms with E-state index in [9.17, 15) is 0 Å². The normalized spacial score (nSPS) is 18.1. The Balaban J connectivity index is 2.41. The highest BCUT2D eigenvalue weighted by molar-refractivity contribution is 5.01. The van der Waals surface area contributed by atoms with Gasteiger partial charge < -0.3 is 4.74 Å². The van der Waals surface area contributed by atoms with Crippen molar-refractivity contribution < 1.29 is 4.74 Å². The molecule has 1 rings (SSSR count). The summed E-state index contributed by atoms with van der Waals surface area (Å²) < 4.78 is 5.11. The van der Waals surface area contributed by atoms with Crippen LogP contribution in [-0.2, 0) is 4.74 Å². The van der Waals surface area contributed by atoms with E-state index in [1.54, 1.807) is 7.11 Å². The van der Waals surface area contributed by atoms with Gasteiger partial charge in [0.15, 0.2) is 0 Å². The van der Waals surface area contributed by atoms with E-state index in [1.165, 1.54) is 12.8 Å². The third-order valence-corrected chi connectivity index (χ3v) is 3.26. The third-order valence-electron chi connectivity index (χ3n) is 3.26. The van der Waals surface area contributed by atoms with E-state index in [-0.39, 0.29) is 0 Å². The lowest BCUT2D eigenvalue weighted by molar-refractivity contribution is 0.113. The molecule has 0 aromatic carbocycles. The van der Waals surface area contributed by atoms with Crippen LogP contribution in [0.5, 0.6) is 0 Å². The average molecular weight is 210 g/mol. The monoisotopic (exact) mass is 210 g/mol. The Kier molecular flexibility index (Phi) is 4.56. The number of hydrogen-bond donors (Lipinski definition) is 0. The van der Waals surface area contributed by atoms with Crippen LogP contribution in [0.15, 0.2) is 0 Å². The van der Waals surface area contributed by atoms with Crippen molar-refractivity contribution in [2.45, 2.75) is 39.2 Å². The number of hydrogen-bond acceptors (Lipinski definition) is 3. The molecule has 0 radical (unpaired) electrons. The Hall–Kier alpha value is -0.590. The molecule has 86 valence electrons. The molecule has 15 heavy (non-hydrogen) atoms. The summed E-state index contributed by atoms with van der Waals surface area (Å²) in [7, 11) is 1.74. The molecular weight excluding hydrogens is 188 g/mol. The molecule has 1 fully saturated rings. The molecule has 0 bridgehead atoms. The van der Waals surface area contributed by atoms with Gasteiger partial charge in [-0.1, -0.05) is 0 Å². The van der Waals surface area contributed by atoms with Crippen molar-refractivity contribution in [3.05, 3.63) is 0 Å². The Morgan fingerprint density at radius 1 is 1.47 bits per heavy atom. The van der Waals surface area contributed by atoms with E-state index < -0.39 is 0 Å². The second kappa shape index (κ2) is 5.48. The van der Waals surface area contributed by atoms with Gasteiger partial charge in [0.05, 0.1) is 12.7 Å². The Labute approximate surface area is 93.0 Å². The molecule has 0 amide bonds. The van der Waals surface area contributed by atoms with E-state index in [0.717, 1.165) is 19.7 Å². The second-order valence-corrected chi connectivity index (χ2v) is 4.89. The molecule has 1 aliphatic carbocycles. The van der Waals surface area contributed by atoms with Crippen LogP contribution in [0.1, 0.15) is 33.1 Å². The van der Waals surface area contributed by atoms with Gasteiger partial charge in [-0.3, -0.25) is 4.90 Å². The summed E-state index contributed by atoms with van der Waals surface area (Å²) in [5, 5.41) is 8.78. The lowest BCUT2D eigenvalue weighted by atomic mass is 10.0. The number of ether oxygens (including phenoxy) is 1. The first-order valence-corrected chi connectivity index (χ1v) is 5.73. The SMILES string of the molecule is COCCN(CC1(CC#N)CC1)C(C)C. The molecule has 0 aromatic rings. The molecule has 3 nitrogen and oxygen atoms in total. The summed E-state index contributed by atoms with van der Waals surface area (Å²) in [5.41, 5.74) is 0.312. The fraction of sp³-hybridized carbons (Fsp3) is 0.917. The van der Waals surface area contributed by atoms with Crippen LogP contribution in [0.4, 0.5) is 0 Å². The summed E-state index contributed by atoms with van der Waals surface area (Å²) in [6.07, 6.45) is 3.15. The van der Waals surface area contributed by atoms with Crippen molar-refractivity contribution in [1.29, 1.82) is 5.26 Å². The largest absolute Gasteiger partial charge is 0.383 e. The van der Waals surface area contributed by atoms with E-state index in [2.05, 4.69) is 24.8 Å². The van der Waals surface area contributed by atoms with Crippen LogP contribution in [-0.4, -0.2) is 37.7 Å². The van der Waals surface area contributed by atoms with Crippen molar-refractivity contribution in [1.82, 2.24) is 4.90 Å². The lowest BCUT2D eigenvalue weighted by Crippen LogP contribution is -2.38. The van der Waals surface area contributed by atoms with E-state index in [1.807, 2.05) is 0 Å². The van der Waals surface area contributed by atoms with Crippen LogP contribution < -0.4 is 0 Å². The highest BCUT2D eigenvalue weighted by Gasteiger charge is 2.43. The minimum absolute atomic E-state index is 0.312. The summed E-state index contributed by atoms with van der Waals surface area (Å²) >= 11 is 0. The zero-order valence-electron chi connectivity index (χ0n) is 10.1. The van der Waals surface area contributed by atoms with Crippen molar-refractivity contribution in [3.8, 4) is 6.07 Å². The molecule has 1 saturated carbocycles. The molecule has 0 heterocycles. The summed E-state index contributed by atoms with van der Waals surface area (Å²) in [6.45, 7) is 7.22. The Morgan fingerprint density at radius 2 is 2.13 bits per heavy atom. The molecule has 0 atom stereocenters. The van der Waals surface area contributed by atoms with Crippen LogP contribution in [0.2, 0.25) is 0 Å². The lowest BCUT2D eigenvalue weighted by Gasteiger charge is -2.29. The van der Waals surface area contributed by atoms with Crippen LogP contribution in [0.25, 0.3) is 0 Å². The van der Waals surface area contributed by atoms with Crippen LogP contribution >= 0.6 is 0 Å². The van der Waals surface area contributed by atoms with Gasteiger partial charge in [-0.15, -0.1) is 0 Å². The zero-order valence-corrected chi connectivity index (χ0v) is 10.1. The molecule has 0 N–H and O–H groups in total. The van der Waals surface area contributed by atoms with Crippen LogP contribution in [0.3, 0.4) is 0 Å². The molecule has 0 spiro atoms. The fourth-order valence-corrected chi connectivity index (χ4v) is 1.89. The standard InChI is InChI=1S/C12H22N2O/c1-11(2)14(8-9-15-3)10-12(4-5-12)6-7-13/h11H,4-6,8-10H2,1-3H3. The van der Waals surface area contributed by atoms with Gasteiger partial charge in [0, 0.05) is 32.7 Å². The summed E-state index contributed by atoms with van der Waals surface area (Å²) in [6, 6.07) is 2.85. The Bertz CT molecular complexity index is 228. The van der Waals surface area contributed by atoms with Crippen molar-refractivity contribution >= 4 is 0 Å². The third kappa shape index (κ3) is 3.81. The summed E-state index contributed by atoms with van der Waals surface area (Å²) in [5.74, 6) is 0. The maximum atomic E-state index is 8.78. The molecule has 3 heteroatoms. The molecule has 1 aliphatic rings. The van der Waals surface area contributed by atoms with E-state index in [4.69, 9.17) is 10.00 Å². The second-order valence-electron chi connectivity index (χ2n) is 4.89. The van der Waals surface area contributed by atoms with Gasteiger partial charge in [-0.05, 0) is 32.1 Å². The van der Waals surface area contributed by atoms with Gasteiger partial charge in [0.1, 0.15) is 0 Å². The number of rotatable bonds is 7. The zero-order chi connectivity index (χ0) is 11.3. The topological polar surface area (TPSA) is 36.3 Å². The first-order valence-electron chi connectivity index (χ1n) is 5.73. The number of nitriles is 1. The first-order chi connectivity index (χ1) is 7.13. The predicted molar refractivity (Wildman–Crippen MR) is 60.5 cm³/mol. The minimum atomic E-state index is 0.312. The predicted octanol–water partition coefficient (Wildman–Crippen LogP) is 2.04. The number of nitrogens with zero attached hydrogens (tertiary/aromatic N) is 2. The minimum Gasteiger partial charge on any atom is -0.383 e. The van der Waals surface area contributed by atoms with Gasteiger partial charge in [-0.25, -0.2) is 0 Å². The van der Waals surface area contributed by atoms with Crippen molar-refractivity contribution in [2.24, 2.45) is 5.41 Å². The smallest absolute Gasteiger partial charge is 0.0628 e. The molecule has 0 aromatic heterocycles. The van der Waals surface area contributed by atoms with Gasteiger partial charge >= 0.3 is 0 Å². The number of methoxy groups -OCH3 is 1. The molecule has 0 aliphatic heterocycles. The fourth-order valence-electron chi connectivity index (χ4n) is 1.89. The quantitative estimate of drug-likeness (QED) is 0.645. The maximum Gasteiger partial charge on any atom is 0.0628 e. The highest BCUT2D eigenvalue weighted by Crippen LogP contribution is 2.49. The van der Waals surface area contributed by atoms with Gasteiger partial charge in [0.25, 0.3) is 0 Å². The average Bonchev–Trinajstić information content (AvgIpc) is 2.93.